The van der Waals surface area contributed by atoms with Crippen molar-refractivity contribution in [3.8, 4) is 0 Å². The van der Waals surface area contributed by atoms with Gasteiger partial charge in [0.25, 0.3) is 5.91 Å². The van der Waals surface area contributed by atoms with Gasteiger partial charge in [-0.2, -0.15) is 5.10 Å². The maximum atomic E-state index is 11.7. The summed E-state index contributed by atoms with van der Waals surface area (Å²) in [5.74, 6) is -1.46. The van der Waals surface area contributed by atoms with E-state index in [1.54, 1.807) is 0 Å². The summed E-state index contributed by atoms with van der Waals surface area (Å²) in [6.45, 7) is 0. The van der Waals surface area contributed by atoms with Crippen LogP contribution in [0.25, 0.3) is 0 Å². The van der Waals surface area contributed by atoms with Crippen LogP contribution in [0.3, 0.4) is 0 Å². The zero-order chi connectivity index (χ0) is 13.1. The predicted molar refractivity (Wildman–Crippen MR) is 64.4 cm³/mol. The lowest BCUT2D eigenvalue weighted by Gasteiger charge is -2.04. The van der Waals surface area contributed by atoms with Gasteiger partial charge in [0.05, 0.1) is 17.4 Å². The molecule has 92 valence electrons. The standard InChI is InChI=1S/C11H10N4O3/c12-8-5-13-15-9(8)10(16)14-7-3-1-6(2-4-7)11(17)18/h1-5H,12H2,(H,13,15)(H,14,16)(H,17,18). The Morgan fingerprint density at radius 1 is 1.28 bits per heavy atom. The van der Waals surface area contributed by atoms with Crippen molar-refractivity contribution in [3.05, 3.63) is 41.7 Å². The summed E-state index contributed by atoms with van der Waals surface area (Å²) in [6, 6.07) is 5.78. The fourth-order valence-electron chi connectivity index (χ4n) is 1.37. The maximum absolute atomic E-state index is 11.7. The van der Waals surface area contributed by atoms with E-state index in [1.807, 2.05) is 0 Å². The number of anilines is 2. The van der Waals surface area contributed by atoms with Gasteiger partial charge in [0, 0.05) is 5.69 Å². The largest absolute Gasteiger partial charge is 0.478 e. The summed E-state index contributed by atoms with van der Waals surface area (Å²) in [5, 5.41) is 17.4. The van der Waals surface area contributed by atoms with Gasteiger partial charge in [0.2, 0.25) is 0 Å². The molecule has 0 radical (unpaired) electrons. The molecule has 0 unspecified atom stereocenters. The van der Waals surface area contributed by atoms with Crippen LogP contribution in [0.4, 0.5) is 11.4 Å². The smallest absolute Gasteiger partial charge is 0.335 e. The number of nitrogens with one attached hydrogen (secondary N) is 2. The summed E-state index contributed by atoms with van der Waals surface area (Å²) in [5.41, 5.74) is 6.55. The molecular formula is C11H10N4O3. The highest BCUT2D eigenvalue weighted by Crippen LogP contribution is 2.13. The van der Waals surface area contributed by atoms with Gasteiger partial charge in [-0.1, -0.05) is 0 Å². The van der Waals surface area contributed by atoms with E-state index in [2.05, 4.69) is 15.5 Å². The zero-order valence-electron chi connectivity index (χ0n) is 9.18. The molecule has 5 N–H and O–H groups in total. The highest BCUT2D eigenvalue weighted by molar-refractivity contribution is 6.06. The van der Waals surface area contributed by atoms with Crippen LogP contribution in [0, 0.1) is 0 Å². The number of carboxylic acids is 1. The highest BCUT2D eigenvalue weighted by atomic mass is 16.4. The van der Waals surface area contributed by atoms with Crippen molar-refractivity contribution in [2.24, 2.45) is 0 Å². The van der Waals surface area contributed by atoms with Gasteiger partial charge in [-0.3, -0.25) is 9.89 Å². The lowest BCUT2D eigenvalue weighted by molar-refractivity contribution is 0.0696. The molecule has 0 saturated carbocycles. The Labute approximate surface area is 102 Å². The Kier molecular flexibility index (Phi) is 2.96. The number of aromatic carboxylic acids is 1. The molecule has 2 aromatic rings. The fourth-order valence-corrected chi connectivity index (χ4v) is 1.37. The van der Waals surface area contributed by atoms with Crippen molar-refractivity contribution in [2.45, 2.75) is 0 Å². The molecule has 1 heterocycles. The molecule has 0 bridgehead atoms. The first kappa shape index (κ1) is 11.6. The predicted octanol–water partition coefficient (Wildman–Crippen LogP) is 0.942. The van der Waals surface area contributed by atoms with E-state index in [4.69, 9.17) is 10.8 Å². The van der Waals surface area contributed by atoms with Crippen LogP contribution in [0.1, 0.15) is 20.8 Å². The van der Waals surface area contributed by atoms with Crippen LogP contribution in [-0.2, 0) is 0 Å². The number of H-pyrrole nitrogens is 1. The van der Waals surface area contributed by atoms with Crippen LogP contribution in [-0.4, -0.2) is 27.2 Å². The SMILES string of the molecule is Nc1cn[nH]c1C(=O)Nc1ccc(C(=O)O)cc1. The van der Waals surface area contributed by atoms with E-state index in [0.717, 1.165) is 0 Å². The van der Waals surface area contributed by atoms with E-state index in [9.17, 15) is 9.59 Å². The Hall–Kier alpha value is -2.83. The molecule has 2 rings (SSSR count). The monoisotopic (exact) mass is 246 g/mol. The van der Waals surface area contributed by atoms with Crippen molar-refractivity contribution in [2.75, 3.05) is 11.1 Å². The van der Waals surface area contributed by atoms with Crippen LogP contribution in [0.5, 0.6) is 0 Å². The number of aromatic nitrogens is 2. The normalized spacial score (nSPS) is 10.0. The topological polar surface area (TPSA) is 121 Å². The van der Waals surface area contributed by atoms with Gasteiger partial charge < -0.3 is 16.2 Å². The third-order valence-corrected chi connectivity index (χ3v) is 2.29. The van der Waals surface area contributed by atoms with E-state index in [-0.39, 0.29) is 16.9 Å². The summed E-state index contributed by atoms with van der Waals surface area (Å²) < 4.78 is 0. The number of hydrogen-bond donors (Lipinski definition) is 4. The third kappa shape index (κ3) is 2.29. The number of nitrogen functional groups attached to an aromatic ring is 1. The van der Waals surface area contributed by atoms with Crippen molar-refractivity contribution < 1.29 is 14.7 Å². The molecule has 0 saturated heterocycles. The van der Waals surface area contributed by atoms with Crippen molar-refractivity contribution >= 4 is 23.3 Å². The van der Waals surface area contributed by atoms with Gasteiger partial charge in [0.1, 0.15) is 5.69 Å². The van der Waals surface area contributed by atoms with Crippen molar-refractivity contribution in [3.63, 3.8) is 0 Å². The summed E-state index contributed by atoms with van der Waals surface area (Å²) in [7, 11) is 0. The molecule has 1 aromatic heterocycles. The lowest BCUT2D eigenvalue weighted by atomic mass is 10.2. The third-order valence-electron chi connectivity index (χ3n) is 2.29. The molecule has 1 aromatic carbocycles. The fraction of sp³-hybridized carbons (Fsp3) is 0. The van der Waals surface area contributed by atoms with Crippen LogP contribution in [0.15, 0.2) is 30.5 Å². The molecule has 1 amide bonds. The van der Waals surface area contributed by atoms with Gasteiger partial charge in [-0.25, -0.2) is 4.79 Å². The minimum absolute atomic E-state index is 0.147. The zero-order valence-corrected chi connectivity index (χ0v) is 9.18. The summed E-state index contributed by atoms with van der Waals surface area (Å²) in [4.78, 5) is 22.4. The first-order valence-electron chi connectivity index (χ1n) is 5.01. The van der Waals surface area contributed by atoms with E-state index < -0.39 is 11.9 Å². The highest BCUT2D eigenvalue weighted by Gasteiger charge is 2.12. The number of nitrogens with two attached hydrogens (primary N) is 1. The number of carbonyl (C=O) groups excluding carboxylic acids is 1. The molecule has 18 heavy (non-hydrogen) atoms. The lowest BCUT2D eigenvalue weighted by Crippen LogP contribution is -2.14. The van der Waals surface area contributed by atoms with Gasteiger partial charge in [-0.15, -0.1) is 0 Å². The Morgan fingerprint density at radius 2 is 1.94 bits per heavy atom. The summed E-state index contributed by atoms with van der Waals surface area (Å²) >= 11 is 0. The average Bonchev–Trinajstić information content (AvgIpc) is 2.76. The van der Waals surface area contributed by atoms with Gasteiger partial charge in [-0.05, 0) is 24.3 Å². The van der Waals surface area contributed by atoms with Crippen LogP contribution < -0.4 is 11.1 Å². The number of aromatic amines is 1. The van der Waals surface area contributed by atoms with E-state index >= 15 is 0 Å². The minimum Gasteiger partial charge on any atom is -0.478 e. The number of nitrogens with zero attached hydrogens (tertiary/aromatic N) is 1. The van der Waals surface area contributed by atoms with Crippen LogP contribution >= 0.6 is 0 Å². The second-order valence-corrected chi connectivity index (χ2v) is 3.54. The molecule has 0 fully saturated rings. The Balaban J connectivity index is 2.13. The second-order valence-electron chi connectivity index (χ2n) is 3.54. The van der Waals surface area contributed by atoms with Crippen molar-refractivity contribution in [1.29, 1.82) is 0 Å². The number of rotatable bonds is 3. The van der Waals surface area contributed by atoms with Gasteiger partial charge in [0.15, 0.2) is 0 Å². The maximum Gasteiger partial charge on any atom is 0.335 e. The van der Waals surface area contributed by atoms with Crippen LogP contribution in [0.2, 0.25) is 0 Å². The van der Waals surface area contributed by atoms with Crippen molar-refractivity contribution in [1.82, 2.24) is 10.2 Å². The average molecular weight is 246 g/mol. The molecule has 0 spiro atoms. The number of benzene rings is 1. The molecule has 7 heteroatoms. The summed E-state index contributed by atoms with van der Waals surface area (Å²) in [6.07, 6.45) is 1.34. The number of carboxylic acid groups (broad SMARTS) is 1. The molecule has 0 aliphatic heterocycles. The number of amides is 1. The molecule has 0 aliphatic carbocycles. The quantitative estimate of drug-likeness (QED) is 0.642. The van der Waals surface area contributed by atoms with E-state index in [1.165, 1.54) is 30.5 Å². The molecular weight excluding hydrogens is 236 g/mol. The first-order valence-corrected chi connectivity index (χ1v) is 5.01. The minimum atomic E-state index is -1.02. The molecule has 0 atom stereocenters. The molecule has 0 aliphatic rings. The number of hydrogen-bond acceptors (Lipinski definition) is 4. The number of carbonyl (C=O) groups is 2. The second kappa shape index (κ2) is 4.58. The molecule has 7 nitrogen and oxygen atoms in total. The Bertz CT molecular complexity index is 589. The van der Waals surface area contributed by atoms with E-state index in [0.29, 0.717) is 5.69 Å². The van der Waals surface area contributed by atoms with Gasteiger partial charge >= 0.3 is 5.97 Å². The first-order chi connectivity index (χ1) is 8.58. The Morgan fingerprint density at radius 3 is 2.44 bits per heavy atom.